The van der Waals surface area contributed by atoms with Gasteiger partial charge in [0.1, 0.15) is 32.6 Å². The first-order valence-corrected chi connectivity index (χ1v) is 20.6. The van der Waals surface area contributed by atoms with Gasteiger partial charge in [0.2, 0.25) is 12.1 Å². The van der Waals surface area contributed by atoms with E-state index < -0.39 is 41.0 Å². The number of hydrogen-bond donors (Lipinski definition) is 4. The van der Waals surface area contributed by atoms with Gasteiger partial charge in [0, 0.05) is 16.9 Å². The third-order valence-electron chi connectivity index (χ3n) is 9.11. The Hall–Kier alpha value is -5.56. The molecule has 3 amide bonds. The fourth-order valence-electron chi connectivity index (χ4n) is 6.48. The third-order valence-corrected chi connectivity index (χ3v) is 13.1. The summed E-state index contributed by atoms with van der Waals surface area (Å²) in [5.41, 5.74) is 2.42. The van der Waals surface area contributed by atoms with Gasteiger partial charge in [-0.3, -0.25) is 19.3 Å². The number of carboxylic acid groups (broad SMARTS) is 1. The summed E-state index contributed by atoms with van der Waals surface area (Å²) >= 11 is 5.22. The zero-order valence-electron chi connectivity index (χ0n) is 28.5. The first-order valence-electron chi connectivity index (χ1n) is 16.9. The molecule has 2 aromatic heterocycles. The SMILES string of the molecule is O=C1CC(ON=C(C(=O)N[C@@H]2C(=O)N3C(C(=O)O)=C(CSc4cnns4)CS[C@@H]23)c2csc(NC(c3ccccc3)(c3ccccc3)c3ccccc3)n2)N1. The predicted octanol–water partition coefficient (Wildman–Crippen LogP) is 4.50. The Labute approximate surface area is 330 Å². The van der Waals surface area contributed by atoms with Crippen molar-refractivity contribution in [2.75, 3.05) is 16.8 Å². The van der Waals surface area contributed by atoms with E-state index in [-0.39, 0.29) is 29.4 Å². The fraction of sp³-hybridized carbons (Fsp3) is 0.189. The van der Waals surface area contributed by atoms with E-state index in [0.29, 0.717) is 22.2 Å². The minimum absolute atomic E-state index is 0.0647. The third kappa shape index (κ3) is 7.20. The summed E-state index contributed by atoms with van der Waals surface area (Å²) in [4.78, 5) is 63.1. The van der Waals surface area contributed by atoms with Crippen LogP contribution in [-0.2, 0) is 29.6 Å². The molecule has 18 heteroatoms. The molecule has 3 aromatic carbocycles. The van der Waals surface area contributed by atoms with Crippen LogP contribution in [0.25, 0.3) is 0 Å². The lowest BCUT2D eigenvalue weighted by Gasteiger charge is -2.49. The minimum Gasteiger partial charge on any atom is -0.477 e. The van der Waals surface area contributed by atoms with Crippen LogP contribution in [0.15, 0.2) is 123 Å². The van der Waals surface area contributed by atoms with Crippen LogP contribution in [-0.4, -0.2) is 83.1 Å². The maximum absolute atomic E-state index is 14.0. The number of rotatable bonds is 14. The highest BCUT2D eigenvalue weighted by molar-refractivity contribution is 8.01. The summed E-state index contributed by atoms with van der Waals surface area (Å²) < 4.78 is 4.66. The fourth-order valence-corrected chi connectivity index (χ4v) is 10.1. The lowest BCUT2D eigenvalue weighted by molar-refractivity contribution is -0.150. The quantitative estimate of drug-likeness (QED) is 0.0405. The average molecular weight is 811 g/mol. The molecule has 5 aromatic rings. The normalized spacial score (nSPS) is 19.5. The van der Waals surface area contributed by atoms with Gasteiger partial charge in [0.05, 0.1) is 12.6 Å². The number of thiazole rings is 1. The largest absolute Gasteiger partial charge is 0.477 e. The van der Waals surface area contributed by atoms with E-state index in [4.69, 9.17) is 9.82 Å². The number of fused-ring (bicyclic) bond motifs is 1. The molecule has 1 unspecified atom stereocenters. The number of benzene rings is 3. The van der Waals surface area contributed by atoms with Gasteiger partial charge < -0.3 is 25.9 Å². The van der Waals surface area contributed by atoms with Crippen molar-refractivity contribution in [3.63, 3.8) is 0 Å². The molecule has 3 aliphatic rings. The van der Waals surface area contributed by atoms with Crippen LogP contribution in [0.3, 0.4) is 0 Å². The summed E-state index contributed by atoms with van der Waals surface area (Å²) in [5.74, 6) is -2.06. The Balaban J connectivity index is 1.08. The minimum atomic E-state index is -1.22. The van der Waals surface area contributed by atoms with Crippen LogP contribution in [0, 0.1) is 0 Å². The van der Waals surface area contributed by atoms with Gasteiger partial charge in [-0.1, -0.05) is 101 Å². The first-order chi connectivity index (χ1) is 26.8. The van der Waals surface area contributed by atoms with E-state index in [1.165, 1.54) is 51.3 Å². The van der Waals surface area contributed by atoms with Crippen molar-refractivity contribution >= 4 is 80.9 Å². The molecule has 0 spiro atoms. The number of nitrogens with zero attached hydrogens (tertiary/aromatic N) is 5. The number of aliphatic carboxylic acids is 1. The van der Waals surface area contributed by atoms with E-state index >= 15 is 0 Å². The van der Waals surface area contributed by atoms with Crippen LogP contribution in [0.1, 0.15) is 28.8 Å². The molecular weight excluding hydrogens is 781 g/mol. The molecule has 5 heterocycles. The molecule has 0 radical (unpaired) electrons. The molecule has 0 bridgehead atoms. The molecule has 4 N–H and O–H groups in total. The number of aromatic nitrogens is 3. The number of carbonyl (C=O) groups excluding carboxylic acids is 3. The summed E-state index contributed by atoms with van der Waals surface area (Å²) in [6.45, 7) is 0. The number of amides is 3. The van der Waals surface area contributed by atoms with E-state index in [1.54, 1.807) is 11.6 Å². The van der Waals surface area contributed by atoms with Crippen molar-refractivity contribution < 1.29 is 29.1 Å². The molecule has 2 saturated heterocycles. The van der Waals surface area contributed by atoms with Crippen LogP contribution >= 0.6 is 46.4 Å². The van der Waals surface area contributed by atoms with Gasteiger partial charge >= 0.3 is 5.97 Å². The number of thioether (sulfide) groups is 2. The maximum Gasteiger partial charge on any atom is 0.352 e. The van der Waals surface area contributed by atoms with Crippen molar-refractivity contribution in [2.24, 2.45) is 5.16 Å². The van der Waals surface area contributed by atoms with Crippen molar-refractivity contribution in [2.45, 2.75) is 33.8 Å². The molecule has 2 fully saturated rings. The number of anilines is 1. The Morgan fingerprint density at radius 3 is 2.20 bits per heavy atom. The molecule has 8 rings (SSSR count). The molecular formula is C37H30N8O6S4. The predicted molar refractivity (Wildman–Crippen MR) is 209 cm³/mol. The lowest BCUT2D eigenvalue weighted by atomic mass is 9.77. The van der Waals surface area contributed by atoms with Crippen LogP contribution in [0.5, 0.6) is 0 Å². The summed E-state index contributed by atoms with van der Waals surface area (Å²) in [5, 5.41) is 28.6. The van der Waals surface area contributed by atoms with Gasteiger partial charge in [-0.05, 0) is 33.8 Å². The maximum atomic E-state index is 14.0. The summed E-state index contributed by atoms with van der Waals surface area (Å²) in [6, 6.07) is 28.9. The second kappa shape index (κ2) is 15.7. The highest BCUT2D eigenvalue weighted by Crippen LogP contribution is 2.43. The van der Waals surface area contributed by atoms with Crippen molar-refractivity contribution in [3.8, 4) is 0 Å². The highest BCUT2D eigenvalue weighted by atomic mass is 32.2. The van der Waals surface area contributed by atoms with Crippen molar-refractivity contribution in [3.05, 3.63) is 136 Å². The van der Waals surface area contributed by atoms with Gasteiger partial charge in [0.25, 0.3) is 11.8 Å². The number of oxime groups is 1. The van der Waals surface area contributed by atoms with Gasteiger partial charge in [0.15, 0.2) is 10.8 Å². The number of β-lactam (4-membered cyclic amide) rings is 2. The van der Waals surface area contributed by atoms with Gasteiger partial charge in [-0.15, -0.1) is 40.0 Å². The molecule has 0 aliphatic carbocycles. The number of hydrogen-bond acceptors (Lipinski definition) is 14. The number of nitrogens with one attached hydrogen (secondary N) is 3. The van der Waals surface area contributed by atoms with Crippen LogP contribution < -0.4 is 16.0 Å². The number of carbonyl (C=O) groups is 4. The van der Waals surface area contributed by atoms with Gasteiger partial charge in [-0.25, -0.2) is 9.78 Å². The monoisotopic (exact) mass is 810 g/mol. The van der Waals surface area contributed by atoms with Crippen LogP contribution in [0.4, 0.5) is 5.13 Å². The molecule has 3 atom stereocenters. The Kier molecular flexibility index (Phi) is 10.4. The smallest absolute Gasteiger partial charge is 0.352 e. The topological polar surface area (TPSA) is 188 Å². The second-order valence-corrected chi connectivity index (χ2v) is 16.5. The molecule has 3 aliphatic heterocycles. The van der Waals surface area contributed by atoms with Crippen molar-refractivity contribution in [1.29, 1.82) is 0 Å². The lowest BCUT2D eigenvalue weighted by Crippen LogP contribution is -2.71. The van der Waals surface area contributed by atoms with E-state index in [1.807, 2.05) is 91.0 Å². The molecule has 14 nitrogen and oxygen atoms in total. The summed E-state index contributed by atoms with van der Waals surface area (Å²) in [6.07, 6.45) is 0.934. The zero-order valence-corrected chi connectivity index (χ0v) is 31.8. The second-order valence-electron chi connectivity index (χ2n) is 12.5. The van der Waals surface area contributed by atoms with Crippen LogP contribution in [0.2, 0.25) is 0 Å². The number of carboxylic acids is 1. The molecule has 0 saturated carbocycles. The highest BCUT2D eigenvalue weighted by Gasteiger charge is 2.54. The van der Waals surface area contributed by atoms with Gasteiger partial charge in [-0.2, -0.15) is 0 Å². The van der Waals surface area contributed by atoms with E-state index in [0.717, 1.165) is 20.9 Å². The standard InChI is InChI=1S/C37H30N8O6S4/c46-26-16-27(40-26)51-43-29(32(47)41-30-33(48)45-31(35(49)50)21(19-53-34(30)45)18-52-28-17-38-44-55-28)25-20-54-36(39-25)42-37(22-10-4-1-5-11-22,23-12-6-2-7-13-23)24-14-8-3-9-15-24/h1-15,17,20,27,30,34H,16,18-19H2,(H,39,42)(H,40,46)(H,41,47)(H,49,50)/t27?,30-,34+/m1/s1. The van der Waals surface area contributed by atoms with Crippen molar-refractivity contribution in [1.82, 2.24) is 30.1 Å². The Morgan fingerprint density at radius 1 is 1.00 bits per heavy atom. The van der Waals surface area contributed by atoms with E-state index in [9.17, 15) is 24.3 Å². The summed E-state index contributed by atoms with van der Waals surface area (Å²) in [7, 11) is 0. The Morgan fingerprint density at radius 2 is 1.64 bits per heavy atom. The zero-order chi connectivity index (χ0) is 37.9. The molecule has 55 heavy (non-hydrogen) atoms. The van der Waals surface area contributed by atoms with E-state index in [2.05, 4.69) is 30.7 Å². The first kappa shape index (κ1) is 36.4. The molecule has 278 valence electrons. The Bertz CT molecular complexity index is 2180. The average Bonchev–Trinajstić information content (AvgIpc) is 3.91.